The Morgan fingerprint density at radius 3 is 1.81 bits per heavy atom. The Balaban J connectivity index is 4.30. The van der Waals surface area contributed by atoms with E-state index in [1.54, 1.807) is 20.9 Å². The molecule has 0 aromatic rings. The molecule has 6 N–H and O–H groups in total. The van der Waals surface area contributed by atoms with Gasteiger partial charge in [0.1, 0.15) is 0 Å². The van der Waals surface area contributed by atoms with E-state index in [2.05, 4.69) is 31.8 Å². The molecule has 0 heterocycles. The Morgan fingerprint density at radius 2 is 1.44 bits per heavy atom. The maximum Gasteiger partial charge on any atom is 0.201 e. The molecule has 16 heavy (non-hydrogen) atoms. The van der Waals surface area contributed by atoms with Gasteiger partial charge in [-0.2, -0.15) is 10.2 Å². The number of rotatable bonds is 3. The zero-order valence-electron chi connectivity index (χ0n) is 9.29. The second kappa shape index (κ2) is 7.91. The number of nitrogens with one attached hydrogen (secondary N) is 4. The third-order valence-corrected chi connectivity index (χ3v) is 2.04. The van der Waals surface area contributed by atoms with Gasteiger partial charge in [0.15, 0.2) is 5.11 Å². The molecule has 0 aliphatic carbocycles. The summed E-state index contributed by atoms with van der Waals surface area (Å²) in [6, 6.07) is 0. The van der Waals surface area contributed by atoms with Crippen molar-refractivity contribution in [2.75, 3.05) is 7.05 Å². The van der Waals surface area contributed by atoms with Gasteiger partial charge < -0.3 is 5.32 Å². The SMILES string of the molecule is CNC(=S)N/N=C(C)/C(C)=N/NC(=S)NN. The van der Waals surface area contributed by atoms with E-state index < -0.39 is 0 Å². The van der Waals surface area contributed by atoms with Gasteiger partial charge in [0, 0.05) is 7.05 Å². The van der Waals surface area contributed by atoms with Gasteiger partial charge in [0.25, 0.3) is 0 Å². The summed E-state index contributed by atoms with van der Waals surface area (Å²) >= 11 is 9.60. The minimum Gasteiger partial charge on any atom is -0.364 e. The number of hydrogen-bond acceptors (Lipinski definition) is 5. The Kier molecular flexibility index (Phi) is 7.25. The molecule has 9 heteroatoms. The van der Waals surface area contributed by atoms with Crippen molar-refractivity contribution in [3.8, 4) is 0 Å². The highest BCUT2D eigenvalue weighted by atomic mass is 32.1. The van der Waals surface area contributed by atoms with Crippen LogP contribution in [0.3, 0.4) is 0 Å². The van der Waals surface area contributed by atoms with Crippen LogP contribution in [0.5, 0.6) is 0 Å². The third-order valence-electron chi connectivity index (χ3n) is 1.53. The molecule has 0 unspecified atom stereocenters. The Hall–Kier alpha value is -1.32. The van der Waals surface area contributed by atoms with Gasteiger partial charge in [-0.25, -0.2) is 5.84 Å². The molecule has 0 spiro atoms. The zero-order chi connectivity index (χ0) is 12.6. The van der Waals surface area contributed by atoms with Crippen LogP contribution in [0.4, 0.5) is 0 Å². The molecule has 0 aliphatic heterocycles. The van der Waals surface area contributed by atoms with E-state index in [-0.39, 0.29) is 5.11 Å². The number of hydrazone groups is 2. The highest BCUT2D eigenvalue weighted by Gasteiger charge is 1.98. The molecular weight excluding hydrogens is 246 g/mol. The summed E-state index contributed by atoms with van der Waals surface area (Å²) in [7, 11) is 1.70. The van der Waals surface area contributed by atoms with Crippen LogP contribution >= 0.6 is 24.4 Å². The minimum atomic E-state index is 0.228. The molecular formula is C7H15N7S2. The van der Waals surface area contributed by atoms with Crippen LogP contribution in [0.2, 0.25) is 0 Å². The predicted octanol–water partition coefficient (Wildman–Crippen LogP) is -0.830. The first-order valence-corrected chi connectivity index (χ1v) is 5.16. The maximum absolute atomic E-state index is 5.06. The van der Waals surface area contributed by atoms with Crippen molar-refractivity contribution >= 4 is 46.1 Å². The van der Waals surface area contributed by atoms with E-state index in [4.69, 9.17) is 30.3 Å². The number of nitrogens with zero attached hydrogens (tertiary/aromatic N) is 2. The molecule has 0 aromatic heterocycles. The molecule has 0 bridgehead atoms. The molecule has 0 saturated carbocycles. The van der Waals surface area contributed by atoms with E-state index in [0.29, 0.717) is 16.5 Å². The fourth-order valence-corrected chi connectivity index (χ4v) is 0.611. The van der Waals surface area contributed by atoms with Gasteiger partial charge in [-0.1, -0.05) is 0 Å². The van der Waals surface area contributed by atoms with Crippen LogP contribution in [0.25, 0.3) is 0 Å². The lowest BCUT2D eigenvalue weighted by Gasteiger charge is -2.05. The molecule has 90 valence electrons. The van der Waals surface area contributed by atoms with Crippen LogP contribution in [-0.4, -0.2) is 28.7 Å². The van der Waals surface area contributed by atoms with Crippen LogP contribution in [-0.2, 0) is 0 Å². The van der Waals surface area contributed by atoms with Crippen molar-refractivity contribution in [1.82, 2.24) is 21.6 Å². The summed E-state index contributed by atoms with van der Waals surface area (Å²) < 4.78 is 0. The van der Waals surface area contributed by atoms with Crippen LogP contribution in [0.1, 0.15) is 13.8 Å². The molecule has 0 fully saturated rings. The summed E-state index contributed by atoms with van der Waals surface area (Å²) in [6.07, 6.45) is 0. The van der Waals surface area contributed by atoms with E-state index in [9.17, 15) is 0 Å². The molecule has 0 rings (SSSR count). The van der Waals surface area contributed by atoms with Crippen molar-refractivity contribution in [2.24, 2.45) is 16.0 Å². The second-order valence-corrected chi connectivity index (χ2v) is 3.49. The first-order valence-electron chi connectivity index (χ1n) is 4.34. The summed E-state index contributed by atoms with van der Waals surface area (Å²) in [6.45, 7) is 3.56. The average Bonchev–Trinajstić information content (AvgIpc) is 2.31. The van der Waals surface area contributed by atoms with E-state index in [0.717, 1.165) is 0 Å². The molecule has 7 nitrogen and oxygen atoms in total. The third kappa shape index (κ3) is 6.22. The molecule has 0 radical (unpaired) electrons. The monoisotopic (exact) mass is 261 g/mol. The van der Waals surface area contributed by atoms with Crippen molar-refractivity contribution in [3.63, 3.8) is 0 Å². The second-order valence-electron chi connectivity index (χ2n) is 2.67. The number of hydrogen-bond donors (Lipinski definition) is 5. The van der Waals surface area contributed by atoms with Gasteiger partial charge >= 0.3 is 0 Å². The fraction of sp³-hybridized carbons (Fsp3) is 0.429. The fourth-order valence-electron chi connectivity index (χ4n) is 0.519. The minimum absolute atomic E-state index is 0.228. The molecule has 0 amide bonds. The summed E-state index contributed by atoms with van der Waals surface area (Å²) in [5.41, 5.74) is 8.76. The predicted molar refractivity (Wildman–Crippen MR) is 74.1 cm³/mol. The smallest absolute Gasteiger partial charge is 0.201 e. The van der Waals surface area contributed by atoms with E-state index in [1.807, 2.05) is 0 Å². The Morgan fingerprint density at radius 1 is 1.00 bits per heavy atom. The van der Waals surface area contributed by atoms with Crippen molar-refractivity contribution < 1.29 is 0 Å². The molecule has 0 aromatic carbocycles. The van der Waals surface area contributed by atoms with Gasteiger partial charge in [-0.3, -0.25) is 16.3 Å². The lowest BCUT2D eigenvalue weighted by Crippen LogP contribution is -2.37. The Bertz CT molecular complexity index is 291. The standard InChI is InChI=1S/C7H15N7S2/c1-4(11-13-6(15)9-3)5(2)12-14-7(16)10-8/h8H2,1-3H3,(H2,9,13,15)(H2,10,14,16)/b11-4+,12-5+. The highest BCUT2D eigenvalue weighted by Crippen LogP contribution is 1.82. The van der Waals surface area contributed by atoms with Crippen LogP contribution in [0.15, 0.2) is 10.2 Å². The normalized spacial score (nSPS) is 11.8. The van der Waals surface area contributed by atoms with E-state index in [1.165, 1.54) is 0 Å². The first kappa shape index (κ1) is 14.7. The lowest BCUT2D eigenvalue weighted by molar-refractivity contribution is 0.925. The zero-order valence-corrected chi connectivity index (χ0v) is 10.9. The van der Waals surface area contributed by atoms with Crippen LogP contribution in [0, 0.1) is 0 Å². The van der Waals surface area contributed by atoms with Gasteiger partial charge in [0.05, 0.1) is 11.4 Å². The van der Waals surface area contributed by atoms with Crippen molar-refractivity contribution in [2.45, 2.75) is 13.8 Å². The number of nitrogens with two attached hydrogens (primary N) is 1. The van der Waals surface area contributed by atoms with E-state index >= 15 is 0 Å². The average molecular weight is 261 g/mol. The maximum atomic E-state index is 5.06. The first-order chi connectivity index (χ1) is 7.51. The summed E-state index contributed by atoms with van der Waals surface area (Å²) in [5.74, 6) is 5.06. The number of thiocarbonyl (C=S) groups is 2. The largest absolute Gasteiger partial charge is 0.364 e. The van der Waals surface area contributed by atoms with Gasteiger partial charge in [-0.05, 0) is 38.3 Å². The molecule has 0 saturated heterocycles. The number of hydrazine groups is 1. The van der Waals surface area contributed by atoms with Gasteiger partial charge in [-0.15, -0.1) is 0 Å². The summed E-state index contributed by atoms with van der Waals surface area (Å²) in [5, 5.41) is 11.3. The topological polar surface area (TPSA) is 98.9 Å². The van der Waals surface area contributed by atoms with Crippen molar-refractivity contribution in [3.05, 3.63) is 0 Å². The molecule has 0 aliphatic rings. The quantitative estimate of drug-likeness (QED) is 0.196. The van der Waals surface area contributed by atoms with Gasteiger partial charge in [0.2, 0.25) is 5.11 Å². The lowest BCUT2D eigenvalue weighted by atomic mass is 10.3. The van der Waals surface area contributed by atoms with Crippen molar-refractivity contribution in [1.29, 1.82) is 0 Å². The summed E-state index contributed by atoms with van der Waals surface area (Å²) in [4.78, 5) is 0. The van der Waals surface area contributed by atoms with Crippen LogP contribution < -0.4 is 27.4 Å². The Labute approximate surface area is 105 Å². The molecule has 0 atom stereocenters. The highest BCUT2D eigenvalue weighted by molar-refractivity contribution is 7.80.